The first kappa shape index (κ1) is 14.8. The largest absolute Gasteiger partial charge is 0.388 e. The Balaban J connectivity index is 1.74. The molecule has 1 aromatic rings. The first-order chi connectivity index (χ1) is 10.3. The molecule has 0 saturated carbocycles. The molecule has 2 aliphatic heterocycles. The molecule has 21 heavy (non-hydrogen) atoms. The van der Waals surface area contributed by atoms with Gasteiger partial charge in [-0.3, -0.25) is 4.90 Å². The standard InChI is InChI=1S/C17H26N2O2/c1-2-18-10-11-21-14(12-18)13-19-9-5-8-17(20)15-6-3-4-7-16(15)19/h3-4,6-7,14,17,20H,2,5,8-13H2,1H3. The number of anilines is 1. The first-order valence-corrected chi connectivity index (χ1v) is 8.14. The average molecular weight is 290 g/mol. The van der Waals surface area contributed by atoms with Gasteiger partial charge in [0.15, 0.2) is 0 Å². The lowest BCUT2D eigenvalue weighted by atomic mass is 10.0. The summed E-state index contributed by atoms with van der Waals surface area (Å²) >= 11 is 0. The normalized spacial score (nSPS) is 27.2. The van der Waals surface area contributed by atoms with Gasteiger partial charge in [-0.1, -0.05) is 25.1 Å². The lowest BCUT2D eigenvalue weighted by Gasteiger charge is -2.36. The van der Waals surface area contributed by atoms with Crippen molar-refractivity contribution in [3.8, 4) is 0 Å². The Hall–Kier alpha value is -1.10. The Morgan fingerprint density at radius 3 is 3.00 bits per heavy atom. The molecular weight excluding hydrogens is 264 g/mol. The van der Waals surface area contributed by atoms with Crippen molar-refractivity contribution in [2.24, 2.45) is 0 Å². The predicted molar refractivity (Wildman–Crippen MR) is 84.7 cm³/mol. The molecule has 4 nitrogen and oxygen atoms in total. The number of likely N-dealkylation sites (N-methyl/N-ethyl adjacent to an activating group) is 1. The lowest BCUT2D eigenvalue weighted by Crippen LogP contribution is -2.47. The molecule has 1 N–H and O–H groups in total. The molecule has 2 unspecified atom stereocenters. The molecule has 0 radical (unpaired) electrons. The summed E-state index contributed by atoms with van der Waals surface area (Å²) in [5.74, 6) is 0. The number of aliphatic hydroxyl groups excluding tert-OH is 1. The van der Waals surface area contributed by atoms with E-state index in [0.717, 1.165) is 57.7 Å². The van der Waals surface area contributed by atoms with Gasteiger partial charge in [-0.05, 0) is 25.5 Å². The van der Waals surface area contributed by atoms with Crippen molar-refractivity contribution >= 4 is 5.69 Å². The first-order valence-electron chi connectivity index (χ1n) is 8.14. The quantitative estimate of drug-likeness (QED) is 0.924. The second-order valence-electron chi connectivity index (χ2n) is 6.05. The van der Waals surface area contributed by atoms with Crippen LogP contribution in [0.5, 0.6) is 0 Å². The third kappa shape index (κ3) is 3.39. The molecule has 4 heteroatoms. The van der Waals surface area contributed by atoms with Gasteiger partial charge < -0.3 is 14.7 Å². The summed E-state index contributed by atoms with van der Waals surface area (Å²) in [5.41, 5.74) is 2.25. The SMILES string of the molecule is CCN1CCOC(CN2CCCC(O)c3ccccc32)C1. The Morgan fingerprint density at radius 1 is 1.29 bits per heavy atom. The highest BCUT2D eigenvalue weighted by atomic mass is 16.5. The molecule has 2 heterocycles. The van der Waals surface area contributed by atoms with Gasteiger partial charge in [0, 0.05) is 37.4 Å². The minimum atomic E-state index is -0.328. The van der Waals surface area contributed by atoms with Crippen LogP contribution in [0.4, 0.5) is 5.69 Å². The number of morpholine rings is 1. The van der Waals surface area contributed by atoms with Crippen LogP contribution in [0.25, 0.3) is 0 Å². The van der Waals surface area contributed by atoms with E-state index in [0.29, 0.717) is 0 Å². The maximum Gasteiger partial charge on any atom is 0.0877 e. The van der Waals surface area contributed by atoms with Crippen LogP contribution in [0.1, 0.15) is 31.4 Å². The molecule has 0 amide bonds. The van der Waals surface area contributed by atoms with E-state index in [1.807, 2.05) is 6.07 Å². The van der Waals surface area contributed by atoms with Crippen LogP contribution in [-0.4, -0.2) is 55.4 Å². The highest BCUT2D eigenvalue weighted by Crippen LogP contribution is 2.32. The van der Waals surface area contributed by atoms with E-state index in [2.05, 4.69) is 34.9 Å². The monoisotopic (exact) mass is 290 g/mol. The Morgan fingerprint density at radius 2 is 2.14 bits per heavy atom. The highest BCUT2D eigenvalue weighted by Gasteiger charge is 2.26. The van der Waals surface area contributed by atoms with Crippen LogP contribution in [0.3, 0.4) is 0 Å². The van der Waals surface area contributed by atoms with Crippen molar-refractivity contribution in [3.63, 3.8) is 0 Å². The van der Waals surface area contributed by atoms with E-state index in [1.165, 1.54) is 5.69 Å². The van der Waals surface area contributed by atoms with Crippen molar-refractivity contribution in [2.75, 3.05) is 44.2 Å². The molecular formula is C17H26N2O2. The van der Waals surface area contributed by atoms with Crippen LogP contribution in [-0.2, 0) is 4.74 Å². The number of rotatable bonds is 3. The number of benzene rings is 1. The fourth-order valence-electron chi connectivity index (χ4n) is 3.42. The third-order valence-electron chi connectivity index (χ3n) is 4.64. The van der Waals surface area contributed by atoms with Gasteiger partial charge in [0.05, 0.1) is 18.8 Å². The van der Waals surface area contributed by atoms with Crippen LogP contribution in [0, 0.1) is 0 Å². The van der Waals surface area contributed by atoms with E-state index in [1.54, 1.807) is 0 Å². The van der Waals surface area contributed by atoms with Crippen LogP contribution in [0.2, 0.25) is 0 Å². The summed E-state index contributed by atoms with van der Waals surface area (Å²) in [6.45, 7) is 8.10. The van der Waals surface area contributed by atoms with Crippen LogP contribution in [0.15, 0.2) is 24.3 Å². The zero-order chi connectivity index (χ0) is 14.7. The number of nitrogens with zero attached hydrogens (tertiary/aromatic N) is 2. The van der Waals surface area contributed by atoms with E-state index < -0.39 is 0 Å². The zero-order valence-corrected chi connectivity index (χ0v) is 12.9. The fraction of sp³-hybridized carbons (Fsp3) is 0.647. The van der Waals surface area contributed by atoms with Gasteiger partial charge in [-0.15, -0.1) is 0 Å². The number of aliphatic hydroxyl groups is 1. The fourth-order valence-corrected chi connectivity index (χ4v) is 3.42. The molecule has 2 atom stereocenters. The van der Waals surface area contributed by atoms with Crippen molar-refractivity contribution in [1.29, 1.82) is 0 Å². The summed E-state index contributed by atoms with van der Waals surface area (Å²) in [5, 5.41) is 10.3. The second-order valence-corrected chi connectivity index (χ2v) is 6.05. The average Bonchev–Trinajstić information content (AvgIpc) is 2.68. The predicted octanol–water partition coefficient (Wildman–Crippen LogP) is 2.04. The Kier molecular flexibility index (Phi) is 4.78. The molecule has 0 bridgehead atoms. The van der Waals surface area contributed by atoms with Crippen molar-refractivity contribution in [3.05, 3.63) is 29.8 Å². The van der Waals surface area contributed by atoms with E-state index >= 15 is 0 Å². The van der Waals surface area contributed by atoms with Crippen LogP contribution >= 0.6 is 0 Å². The molecule has 3 rings (SSSR count). The molecule has 1 saturated heterocycles. The summed E-state index contributed by atoms with van der Waals surface area (Å²) in [6.07, 6.45) is 1.81. The minimum absolute atomic E-state index is 0.266. The smallest absolute Gasteiger partial charge is 0.0877 e. The van der Waals surface area contributed by atoms with Gasteiger partial charge in [-0.25, -0.2) is 0 Å². The number of hydrogen-bond acceptors (Lipinski definition) is 4. The third-order valence-corrected chi connectivity index (χ3v) is 4.64. The van der Waals surface area contributed by atoms with E-state index in [-0.39, 0.29) is 12.2 Å². The van der Waals surface area contributed by atoms with Gasteiger partial charge in [0.2, 0.25) is 0 Å². The summed E-state index contributed by atoms with van der Waals surface area (Å²) < 4.78 is 5.95. The van der Waals surface area contributed by atoms with Gasteiger partial charge in [-0.2, -0.15) is 0 Å². The maximum atomic E-state index is 10.3. The molecule has 1 aromatic carbocycles. The van der Waals surface area contributed by atoms with Crippen molar-refractivity contribution < 1.29 is 9.84 Å². The van der Waals surface area contributed by atoms with Gasteiger partial charge >= 0.3 is 0 Å². The van der Waals surface area contributed by atoms with E-state index in [4.69, 9.17) is 4.74 Å². The minimum Gasteiger partial charge on any atom is -0.388 e. The second kappa shape index (κ2) is 6.77. The number of fused-ring (bicyclic) bond motifs is 1. The molecule has 116 valence electrons. The molecule has 0 aromatic heterocycles. The van der Waals surface area contributed by atoms with Crippen molar-refractivity contribution in [1.82, 2.24) is 4.90 Å². The summed E-state index contributed by atoms with van der Waals surface area (Å²) in [7, 11) is 0. The van der Waals surface area contributed by atoms with Gasteiger partial charge in [0.1, 0.15) is 0 Å². The number of para-hydroxylation sites is 1. The maximum absolute atomic E-state index is 10.3. The molecule has 0 aliphatic carbocycles. The lowest BCUT2D eigenvalue weighted by molar-refractivity contribution is -0.0220. The van der Waals surface area contributed by atoms with Gasteiger partial charge in [0.25, 0.3) is 0 Å². The number of ether oxygens (including phenoxy) is 1. The van der Waals surface area contributed by atoms with Crippen LogP contribution < -0.4 is 4.90 Å². The Labute approximate surface area is 127 Å². The molecule has 2 aliphatic rings. The highest BCUT2D eigenvalue weighted by molar-refractivity contribution is 5.55. The summed E-state index contributed by atoms with van der Waals surface area (Å²) in [4.78, 5) is 4.85. The topological polar surface area (TPSA) is 35.9 Å². The molecule has 1 fully saturated rings. The summed E-state index contributed by atoms with van der Waals surface area (Å²) in [6, 6.07) is 8.26. The van der Waals surface area contributed by atoms with Crippen molar-refractivity contribution in [2.45, 2.75) is 32.0 Å². The van der Waals surface area contributed by atoms with E-state index in [9.17, 15) is 5.11 Å². The molecule has 0 spiro atoms. The number of hydrogen-bond donors (Lipinski definition) is 1. The zero-order valence-electron chi connectivity index (χ0n) is 12.9. The Bertz CT molecular complexity index is 466.